The van der Waals surface area contributed by atoms with E-state index in [-0.39, 0.29) is 6.61 Å². The molecule has 2 N–H and O–H groups in total. The number of ether oxygens (including phenoxy) is 1. The quantitative estimate of drug-likeness (QED) is 0.430. The standard InChI is InChI=1S/C18H16N2O3S/c1-24-16-9-13(7-8-15(16)19)18(21)23-11-14-10-22-17(20-14)12-5-3-2-4-6-12/h2-10H,11,19H2,1H3. The van der Waals surface area contributed by atoms with Crippen molar-refractivity contribution in [3.63, 3.8) is 0 Å². The second kappa shape index (κ2) is 7.23. The first kappa shape index (κ1) is 16.1. The van der Waals surface area contributed by atoms with E-state index >= 15 is 0 Å². The SMILES string of the molecule is CSc1cc(C(=O)OCc2coc(-c3ccccc3)n2)ccc1N. The van der Waals surface area contributed by atoms with Gasteiger partial charge in [0.05, 0.1) is 5.56 Å². The minimum atomic E-state index is -0.422. The molecule has 0 aliphatic carbocycles. The van der Waals surface area contributed by atoms with Gasteiger partial charge in [-0.25, -0.2) is 9.78 Å². The third kappa shape index (κ3) is 3.60. The molecule has 24 heavy (non-hydrogen) atoms. The van der Waals surface area contributed by atoms with Gasteiger partial charge in [0.15, 0.2) is 0 Å². The third-order valence-corrected chi connectivity index (χ3v) is 4.19. The molecule has 3 rings (SSSR count). The van der Waals surface area contributed by atoms with Gasteiger partial charge in [-0.05, 0) is 36.6 Å². The van der Waals surface area contributed by atoms with Crippen LogP contribution < -0.4 is 5.73 Å². The topological polar surface area (TPSA) is 78.3 Å². The number of benzene rings is 2. The van der Waals surface area contributed by atoms with Crippen molar-refractivity contribution in [2.75, 3.05) is 12.0 Å². The Labute approximate surface area is 143 Å². The van der Waals surface area contributed by atoms with Gasteiger partial charge < -0.3 is 14.9 Å². The molecule has 0 atom stereocenters. The average Bonchev–Trinajstić information content (AvgIpc) is 3.10. The fraction of sp³-hybridized carbons (Fsp3) is 0.111. The average molecular weight is 340 g/mol. The van der Waals surface area contributed by atoms with Crippen molar-refractivity contribution < 1.29 is 13.9 Å². The summed E-state index contributed by atoms with van der Waals surface area (Å²) in [6.45, 7) is 0.0497. The van der Waals surface area contributed by atoms with Crippen LogP contribution in [0.4, 0.5) is 5.69 Å². The van der Waals surface area contributed by atoms with E-state index in [1.807, 2.05) is 36.6 Å². The van der Waals surface area contributed by atoms with Crippen molar-refractivity contribution in [3.8, 4) is 11.5 Å². The third-order valence-electron chi connectivity index (χ3n) is 3.39. The number of rotatable bonds is 5. The van der Waals surface area contributed by atoms with Gasteiger partial charge in [-0.3, -0.25) is 0 Å². The lowest BCUT2D eigenvalue weighted by molar-refractivity contribution is 0.0467. The number of nitrogens with two attached hydrogens (primary N) is 1. The van der Waals surface area contributed by atoms with E-state index in [0.717, 1.165) is 10.5 Å². The molecular weight excluding hydrogens is 324 g/mol. The summed E-state index contributed by atoms with van der Waals surface area (Å²) in [6, 6.07) is 14.6. The first-order valence-electron chi connectivity index (χ1n) is 7.28. The van der Waals surface area contributed by atoms with E-state index < -0.39 is 5.97 Å². The molecule has 0 saturated carbocycles. The molecule has 0 amide bonds. The highest BCUT2D eigenvalue weighted by atomic mass is 32.2. The Morgan fingerprint density at radius 2 is 2.04 bits per heavy atom. The van der Waals surface area contributed by atoms with Gasteiger partial charge in [-0.2, -0.15) is 0 Å². The van der Waals surface area contributed by atoms with E-state index in [0.29, 0.717) is 22.8 Å². The molecule has 0 saturated heterocycles. The maximum atomic E-state index is 12.1. The molecule has 122 valence electrons. The molecule has 0 spiro atoms. The number of nitrogens with zero attached hydrogens (tertiary/aromatic N) is 1. The molecule has 0 bridgehead atoms. The van der Waals surface area contributed by atoms with Gasteiger partial charge in [0.2, 0.25) is 5.89 Å². The van der Waals surface area contributed by atoms with E-state index in [4.69, 9.17) is 14.9 Å². The maximum absolute atomic E-state index is 12.1. The van der Waals surface area contributed by atoms with Crippen LogP contribution in [-0.4, -0.2) is 17.2 Å². The van der Waals surface area contributed by atoms with E-state index in [1.165, 1.54) is 18.0 Å². The molecule has 0 radical (unpaired) electrons. The second-order valence-corrected chi connectivity index (χ2v) is 5.89. The molecule has 3 aromatic rings. The van der Waals surface area contributed by atoms with Gasteiger partial charge in [-0.1, -0.05) is 18.2 Å². The fourth-order valence-electron chi connectivity index (χ4n) is 2.15. The van der Waals surface area contributed by atoms with Crippen molar-refractivity contribution in [1.82, 2.24) is 4.98 Å². The summed E-state index contributed by atoms with van der Waals surface area (Å²) in [5.41, 5.74) is 8.36. The summed E-state index contributed by atoms with van der Waals surface area (Å²) in [5, 5.41) is 0. The minimum absolute atomic E-state index is 0.0497. The summed E-state index contributed by atoms with van der Waals surface area (Å²) < 4.78 is 10.7. The number of thioether (sulfide) groups is 1. The number of nitrogen functional groups attached to an aromatic ring is 1. The molecule has 0 aliphatic rings. The van der Waals surface area contributed by atoms with Gasteiger partial charge in [0.1, 0.15) is 18.6 Å². The molecule has 2 aromatic carbocycles. The maximum Gasteiger partial charge on any atom is 0.338 e. The summed E-state index contributed by atoms with van der Waals surface area (Å²) in [6.07, 6.45) is 3.40. The van der Waals surface area contributed by atoms with Crippen molar-refractivity contribution in [2.45, 2.75) is 11.5 Å². The summed E-state index contributed by atoms with van der Waals surface area (Å²) in [5.74, 6) is 0.0772. The smallest absolute Gasteiger partial charge is 0.338 e. The molecular formula is C18H16N2O3S. The zero-order chi connectivity index (χ0) is 16.9. The zero-order valence-electron chi connectivity index (χ0n) is 13.1. The first-order chi connectivity index (χ1) is 11.7. The van der Waals surface area contributed by atoms with Gasteiger partial charge >= 0.3 is 5.97 Å². The van der Waals surface area contributed by atoms with E-state index in [9.17, 15) is 4.79 Å². The Morgan fingerprint density at radius 1 is 1.25 bits per heavy atom. The number of oxazole rings is 1. The predicted octanol–water partition coefficient (Wildman–Crippen LogP) is 4.00. The largest absolute Gasteiger partial charge is 0.455 e. The highest BCUT2D eigenvalue weighted by molar-refractivity contribution is 7.98. The van der Waals surface area contributed by atoms with Crippen LogP contribution >= 0.6 is 11.8 Å². The molecule has 5 nitrogen and oxygen atoms in total. The van der Waals surface area contributed by atoms with Crippen LogP contribution in [0.5, 0.6) is 0 Å². The summed E-state index contributed by atoms with van der Waals surface area (Å²) >= 11 is 1.48. The Bertz CT molecular complexity index is 846. The minimum Gasteiger partial charge on any atom is -0.455 e. The van der Waals surface area contributed by atoms with Gasteiger partial charge in [0, 0.05) is 16.1 Å². The lowest BCUT2D eigenvalue weighted by Gasteiger charge is -2.06. The van der Waals surface area contributed by atoms with Crippen LogP contribution in [0.1, 0.15) is 16.1 Å². The number of hydrogen-bond acceptors (Lipinski definition) is 6. The van der Waals surface area contributed by atoms with Crippen molar-refractivity contribution in [1.29, 1.82) is 0 Å². The fourth-order valence-corrected chi connectivity index (χ4v) is 2.70. The summed E-state index contributed by atoms with van der Waals surface area (Å²) in [7, 11) is 0. The van der Waals surface area contributed by atoms with Crippen molar-refractivity contribution >= 4 is 23.4 Å². The van der Waals surface area contributed by atoms with Gasteiger partial charge in [0.25, 0.3) is 0 Å². The molecule has 1 heterocycles. The van der Waals surface area contributed by atoms with Crippen LogP contribution in [0.15, 0.2) is 64.1 Å². The van der Waals surface area contributed by atoms with Crippen LogP contribution in [0.25, 0.3) is 11.5 Å². The van der Waals surface area contributed by atoms with Gasteiger partial charge in [-0.15, -0.1) is 11.8 Å². The Balaban J connectivity index is 1.66. The normalized spacial score (nSPS) is 10.5. The van der Waals surface area contributed by atoms with Crippen LogP contribution in [0.2, 0.25) is 0 Å². The highest BCUT2D eigenvalue weighted by Gasteiger charge is 2.12. The highest BCUT2D eigenvalue weighted by Crippen LogP contribution is 2.24. The van der Waals surface area contributed by atoms with Crippen LogP contribution in [0.3, 0.4) is 0 Å². The number of carbonyl (C=O) groups is 1. The van der Waals surface area contributed by atoms with Crippen LogP contribution in [0, 0.1) is 0 Å². The second-order valence-electron chi connectivity index (χ2n) is 5.04. The van der Waals surface area contributed by atoms with Crippen LogP contribution in [-0.2, 0) is 11.3 Å². The van der Waals surface area contributed by atoms with E-state index in [1.54, 1.807) is 18.2 Å². The zero-order valence-corrected chi connectivity index (χ0v) is 13.9. The number of esters is 1. The van der Waals surface area contributed by atoms with Crippen molar-refractivity contribution in [2.24, 2.45) is 0 Å². The molecule has 6 heteroatoms. The first-order valence-corrected chi connectivity index (χ1v) is 8.50. The number of hydrogen-bond donors (Lipinski definition) is 1. The Morgan fingerprint density at radius 3 is 2.79 bits per heavy atom. The Hall–Kier alpha value is -2.73. The lowest BCUT2D eigenvalue weighted by atomic mass is 10.2. The molecule has 0 aliphatic heterocycles. The monoisotopic (exact) mass is 340 g/mol. The molecule has 1 aromatic heterocycles. The van der Waals surface area contributed by atoms with Crippen molar-refractivity contribution in [3.05, 3.63) is 66.1 Å². The number of carbonyl (C=O) groups excluding carboxylic acids is 1. The molecule has 0 unspecified atom stereocenters. The number of anilines is 1. The molecule has 0 fully saturated rings. The number of aromatic nitrogens is 1. The Kier molecular flexibility index (Phi) is 4.86. The lowest BCUT2D eigenvalue weighted by Crippen LogP contribution is -2.06. The predicted molar refractivity (Wildman–Crippen MR) is 93.7 cm³/mol. The van der Waals surface area contributed by atoms with E-state index in [2.05, 4.69) is 4.98 Å². The summed E-state index contributed by atoms with van der Waals surface area (Å²) in [4.78, 5) is 17.3.